The van der Waals surface area contributed by atoms with Crippen LogP contribution >= 0.6 is 0 Å². The van der Waals surface area contributed by atoms with Crippen LogP contribution in [0.2, 0.25) is 0 Å². The van der Waals surface area contributed by atoms with Crippen LogP contribution in [-0.2, 0) is 6.42 Å². The summed E-state index contributed by atoms with van der Waals surface area (Å²) in [5.41, 5.74) is 2.66. The largest absolute Gasteiger partial charge is 0.306 e. The summed E-state index contributed by atoms with van der Waals surface area (Å²) in [4.78, 5) is 15.0. The second-order valence-corrected chi connectivity index (χ2v) is 3.33. The van der Waals surface area contributed by atoms with Gasteiger partial charge in [0.1, 0.15) is 5.65 Å². The number of rotatable bonds is 3. The highest BCUT2D eigenvalue weighted by Crippen LogP contribution is 2.08. The summed E-state index contributed by atoms with van der Waals surface area (Å²) >= 11 is 0. The predicted octanol–water partition coefficient (Wildman–Crippen LogP) is 2.10. The Morgan fingerprint density at radius 1 is 1.43 bits per heavy atom. The van der Waals surface area contributed by atoms with Gasteiger partial charge >= 0.3 is 0 Å². The number of pyridine rings is 1. The van der Waals surface area contributed by atoms with E-state index in [1.54, 1.807) is 12.3 Å². The van der Waals surface area contributed by atoms with Crippen molar-refractivity contribution in [3.05, 3.63) is 35.8 Å². The molecule has 0 aliphatic carbocycles. The number of aromatic nitrogens is 2. The van der Waals surface area contributed by atoms with E-state index in [1.807, 2.05) is 16.7 Å². The highest BCUT2D eigenvalue weighted by molar-refractivity contribution is 5.74. The van der Waals surface area contributed by atoms with Gasteiger partial charge in [0.2, 0.25) is 0 Å². The van der Waals surface area contributed by atoms with Crippen molar-refractivity contribution < 1.29 is 4.79 Å². The summed E-state index contributed by atoms with van der Waals surface area (Å²) in [6.07, 6.45) is 6.70. The molecule has 0 amide bonds. The van der Waals surface area contributed by atoms with Crippen LogP contribution in [0, 0.1) is 0 Å². The molecule has 0 aliphatic rings. The van der Waals surface area contributed by atoms with E-state index in [1.165, 1.54) is 0 Å². The van der Waals surface area contributed by atoms with Crippen LogP contribution in [-0.4, -0.2) is 15.7 Å². The lowest BCUT2D eigenvalue weighted by molar-refractivity contribution is 0.112. The SMILES string of the molecule is CCCc1cn2cc(C=O)ccc2n1. The zero-order chi connectivity index (χ0) is 9.97. The number of aryl methyl sites for hydroxylation is 1. The fourth-order valence-corrected chi connectivity index (χ4v) is 1.51. The lowest BCUT2D eigenvalue weighted by Gasteiger charge is -1.92. The summed E-state index contributed by atoms with van der Waals surface area (Å²) in [5.74, 6) is 0. The normalized spacial score (nSPS) is 10.6. The molecule has 0 spiro atoms. The van der Waals surface area contributed by atoms with Gasteiger partial charge in [0.05, 0.1) is 5.69 Å². The number of imidazole rings is 1. The number of hydrogen-bond donors (Lipinski definition) is 0. The van der Waals surface area contributed by atoms with Crippen molar-refractivity contribution in [3.63, 3.8) is 0 Å². The quantitative estimate of drug-likeness (QED) is 0.691. The van der Waals surface area contributed by atoms with Crippen molar-refractivity contribution in [1.82, 2.24) is 9.38 Å². The minimum Gasteiger partial charge on any atom is -0.306 e. The molecule has 0 N–H and O–H groups in total. The summed E-state index contributed by atoms with van der Waals surface area (Å²) in [6, 6.07) is 3.65. The van der Waals surface area contributed by atoms with Gasteiger partial charge in [-0.1, -0.05) is 13.3 Å². The van der Waals surface area contributed by atoms with Gasteiger partial charge in [-0.05, 0) is 18.6 Å². The number of aldehydes is 1. The molecule has 0 atom stereocenters. The Hall–Kier alpha value is -1.64. The lowest BCUT2D eigenvalue weighted by Crippen LogP contribution is -1.86. The predicted molar refractivity (Wildman–Crippen MR) is 54.6 cm³/mol. The van der Waals surface area contributed by atoms with E-state index in [2.05, 4.69) is 11.9 Å². The maximum Gasteiger partial charge on any atom is 0.151 e. The average Bonchev–Trinajstić information content (AvgIpc) is 2.59. The molecule has 72 valence electrons. The molecule has 0 unspecified atom stereocenters. The molecule has 2 aromatic rings. The van der Waals surface area contributed by atoms with E-state index < -0.39 is 0 Å². The molecule has 3 heteroatoms. The van der Waals surface area contributed by atoms with Gasteiger partial charge in [0.25, 0.3) is 0 Å². The summed E-state index contributed by atoms with van der Waals surface area (Å²) < 4.78 is 1.90. The van der Waals surface area contributed by atoms with Gasteiger partial charge in [-0.25, -0.2) is 4.98 Å². The molecule has 2 aromatic heterocycles. The molecular weight excluding hydrogens is 176 g/mol. The third-order valence-corrected chi connectivity index (χ3v) is 2.17. The third-order valence-electron chi connectivity index (χ3n) is 2.17. The van der Waals surface area contributed by atoms with Gasteiger partial charge in [0, 0.05) is 18.0 Å². The summed E-state index contributed by atoms with van der Waals surface area (Å²) in [7, 11) is 0. The minimum absolute atomic E-state index is 0.679. The number of hydrogen-bond acceptors (Lipinski definition) is 2. The Balaban J connectivity index is 2.48. The first kappa shape index (κ1) is 8.94. The molecule has 0 aliphatic heterocycles. The molecule has 0 fully saturated rings. The molecule has 0 bridgehead atoms. The van der Waals surface area contributed by atoms with Gasteiger partial charge < -0.3 is 4.40 Å². The molecule has 0 saturated carbocycles. The number of nitrogens with zero attached hydrogens (tertiary/aromatic N) is 2. The van der Waals surface area contributed by atoms with Gasteiger partial charge in [-0.2, -0.15) is 0 Å². The Bertz CT molecular complexity index is 459. The van der Waals surface area contributed by atoms with E-state index in [4.69, 9.17) is 0 Å². The van der Waals surface area contributed by atoms with Crippen molar-refractivity contribution in [2.45, 2.75) is 19.8 Å². The standard InChI is InChI=1S/C11H12N2O/c1-2-3-10-7-13-6-9(8-14)4-5-11(13)12-10/h4-8H,2-3H2,1H3. The third kappa shape index (κ3) is 1.53. The second-order valence-electron chi connectivity index (χ2n) is 3.33. The highest BCUT2D eigenvalue weighted by Gasteiger charge is 2.00. The monoisotopic (exact) mass is 188 g/mol. The molecule has 14 heavy (non-hydrogen) atoms. The van der Waals surface area contributed by atoms with Crippen molar-refractivity contribution >= 4 is 11.9 Å². The fourth-order valence-electron chi connectivity index (χ4n) is 1.51. The second kappa shape index (κ2) is 3.62. The van der Waals surface area contributed by atoms with E-state index in [9.17, 15) is 4.79 Å². The molecule has 0 aromatic carbocycles. The zero-order valence-corrected chi connectivity index (χ0v) is 8.10. The fraction of sp³-hybridized carbons (Fsp3) is 0.273. The Morgan fingerprint density at radius 3 is 3.00 bits per heavy atom. The first-order chi connectivity index (χ1) is 6.83. The number of carbonyl (C=O) groups excluding carboxylic acids is 1. The van der Waals surface area contributed by atoms with E-state index in [0.29, 0.717) is 5.56 Å². The topological polar surface area (TPSA) is 34.4 Å². The van der Waals surface area contributed by atoms with Crippen LogP contribution in [0.5, 0.6) is 0 Å². The van der Waals surface area contributed by atoms with Crippen LogP contribution in [0.3, 0.4) is 0 Å². The Kier molecular flexibility index (Phi) is 2.31. The van der Waals surface area contributed by atoms with Gasteiger partial charge in [-0.15, -0.1) is 0 Å². The smallest absolute Gasteiger partial charge is 0.151 e. The van der Waals surface area contributed by atoms with Crippen LogP contribution in [0.25, 0.3) is 5.65 Å². The van der Waals surface area contributed by atoms with Crippen molar-refractivity contribution in [2.75, 3.05) is 0 Å². The van der Waals surface area contributed by atoms with Crippen LogP contribution in [0.15, 0.2) is 24.5 Å². The highest BCUT2D eigenvalue weighted by atomic mass is 16.1. The lowest BCUT2D eigenvalue weighted by atomic mass is 10.3. The molecule has 0 saturated heterocycles. The molecule has 2 rings (SSSR count). The van der Waals surface area contributed by atoms with Crippen molar-refractivity contribution in [1.29, 1.82) is 0 Å². The van der Waals surface area contributed by atoms with E-state index in [0.717, 1.165) is 30.5 Å². The average molecular weight is 188 g/mol. The summed E-state index contributed by atoms with van der Waals surface area (Å²) in [5, 5.41) is 0. The molecule has 2 heterocycles. The minimum atomic E-state index is 0.679. The summed E-state index contributed by atoms with van der Waals surface area (Å²) in [6.45, 7) is 2.13. The first-order valence-electron chi connectivity index (χ1n) is 4.76. The maximum atomic E-state index is 10.5. The molecule has 0 radical (unpaired) electrons. The van der Waals surface area contributed by atoms with Crippen LogP contribution < -0.4 is 0 Å². The van der Waals surface area contributed by atoms with Gasteiger partial charge in [-0.3, -0.25) is 4.79 Å². The maximum absolute atomic E-state index is 10.5. The molecule has 3 nitrogen and oxygen atoms in total. The first-order valence-corrected chi connectivity index (χ1v) is 4.76. The number of carbonyl (C=O) groups is 1. The zero-order valence-electron chi connectivity index (χ0n) is 8.10. The van der Waals surface area contributed by atoms with E-state index >= 15 is 0 Å². The van der Waals surface area contributed by atoms with Gasteiger partial charge in [0.15, 0.2) is 6.29 Å². The van der Waals surface area contributed by atoms with Crippen molar-refractivity contribution in [2.24, 2.45) is 0 Å². The van der Waals surface area contributed by atoms with Crippen LogP contribution in [0.1, 0.15) is 29.4 Å². The Morgan fingerprint density at radius 2 is 2.29 bits per heavy atom. The Labute approximate surface area is 82.4 Å². The molecular formula is C11H12N2O. The van der Waals surface area contributed by atoms with Crippen LogP contribution in [0.4, 0.5) is 0 Å². The number of fused-ring (bicyclic) bond motifs is 1. The van der Waals surface area contributed by atoms with Crippen molar-refractivity contribution in [3.8, 4) is 0 Å². The van der Waals surface area contributed by atoms with E-state index in [-0.39, 0.29) is 0 Å².